The molecule has 0 amide bonds. The monoisotopic (exact) mass is 290 g/mol. The number of rotatable bonds is 4. The molecule has 1 fully saturated rings. The van der Waals surface area contributed by atoms with Crippen LogP contribution in [-0.4, -0.2) is 35.6 Å². The number of nitrogens with one attached hydrogen (secondary N) is 1. The predicted octanol–water partition coefficient (Wildman–Crippen LogP) is 3.13. The standard InChI is InChI=1S/C16H26N4O/c1-12(20-8-6-5-7-9-20)11-18-14-13(10-17)19-15(21-14)16(2,3)4/h12,18H,5-9,11H2,1-4H3/t12-/m0/s1. The quantitative estimate of drug-likeness (QED) is 0.923. The SMILES string of the molecule is C[C@@H](CNc1oc(C(C)(C)C)nc1C#N)N1CCCCC1. The highest BCUT2D eigenvalue weighted by molar-refractivity contribution is 5.45. The summed E-state index contributed by atoms with van der Waals surface area (Å²) in [7, 11) is 0. The molecule has 0 aromatic carbocycles. The zero-order valence-corrected chi connectivity index (χ0v) is 13.6. The molecule has 1 atom stereocenters. The minimum Gasteiger partial charge on any atom is -0.423 e. The fraction of sp³-hybridized carbons (Fsp3) is 0.750. The summed E-state index contributed by atoms with van der Waals surface area (Å²) in [6.45, 7) is 11.4. The van der Waals surface area contributed by atoms with Crippen molar-refractivity contribution < 1.29 is 4.42 Å². The fourth-order valence-electron chi connectivity index (χ4n) is 2.57. The van der Waals surface area contributed by atoms with E-state index in [1.54, 1.807) is 0 Å². The van der Waals surface area contributed by atoms with Gasteiger partial charge in [-0.1, -0.05) is 27.2 Å². The Hall–Kier alpha value is -1.54. The molecule has 5 heteroatoms. The van der Waals surface area contributed by atoms with E-state index in [0.717, 1.165) is 19.6 Å². The topological polar surface area (TPSA) is 65.1 Å². The number of hydrogen-bond donors (Lipinski definition) is 1. The molecule has 0 saturated carbocycles. The third kappa shape index (κ3) is 3.98. The summed E-state index contributed by atoms with van der Waals surface area (Å²) in [5, 5.41) is 12.4. The summed E-state index contributed by atoms with van der Waals surface area (Å²) >= 11 is 0. The van der Waals surface area contributed by atoms with Crippen LogP contribution in [0.3, 0.4) is 0 Å². The first-order chi connectivity index (χ1) is 9.91. The number of anilines is 1. The van der Waals surface area contributed by atoms with Crippen molar-refractivity contribution in [3.63, 3.8) is 0 Å². The van der Waals surface area contributed by atoms with E-state index in [1.165, 1.54) is 19.3 Å². The van der Waals surface area contributed by atoms with Crippen molar-refractivity contribution in [3.05, 3.63) is 11.6 Å². The van der Waals surface area contributed by atoms with Gasteiger partial charge in [-0.25, -0.2) is 0 Å². The Morgan fingerprint density at radius 1 is 1.33 bits per heavy atom. The van der Waals surface area contributed by atoms with E-state index in [0.29, 0.717) is 23.5 Å². The number of piperidine rings is 1. The van der Waals surface area contributed by atoms with Gasteiger partial charge in [0, 0.05) is 18.0 Å². The average Bonchev–Trinajstić information content (AvgIpc) is 2.89. The normalized spacial score (nSPS) is 18.2. The van der Waals surface area contributed by atoms with Gasteiger partial charge in [0.2, 0.25) is 17.5 Å². The highest BCUT2D eigenvalue weighted by Crippen LogP contribution is 2.26. The van der Waals surface area contributed by atoms with Crippen LogP contribution in [0.4, 0.5) is 5.88 Å². The molecule has 5 nitrogen and oxygen atoms in total. The average molecular weight is 290 g/mol. The second kappa shape index (κ2) is 6.48. The molecular formula is C16H26N4O. The second-order valence-corrected chi connectivity index (χ2v) is 6.89. The first-order valence-electron chi connectivity index (χ1n) is 7.81. The van der Waals surface area contributed by atoms with Crippen molar-refractivity contribution in [2.75, 3.05) is 25.0 Å². The molecule has 2 heterocycles. The molecule has 0 radical (unpaired) electrons. The van der Waals surface area contributed by atoms with E-state index in [1.807, 2.05) is 20.8 Å². The first kappa shape index (κ1) is 15.8. The van der Waals surface area contributed by atoms with Gasteiger partial charge >= 0.3 is 0 Å². The Kier molecular flexibility index (Phi) is 4.89. The maximum atomic E-state index is 9.19. The smallest absolute Gasteiger partial charge is 0.232 e. The molecule has 2 rings (SSSR count). The van der Waals surface area contributed by atoms with Gasteiger partial charge in [-0.05, 0) is 32.9 Å². The van der Waals surface area contributed by atoms with Gasteiger partial charge in [0.15, 0.2) is 0 Å². The van der Waals surface area contributed by atoms with Crippen LogP contribution in [0.1, 0.15) is 58.5 Å². The number of oxazole rings is 1. The van der Waals surface area contributed by atoms with Crippen LogP contribution in [-0.2, 0) is 5.41 Å². The Bertz CT molecular complexity index is 503. The first-order valence-corrected chi connectivity index (χ1v) is 7.81. The lowest BCUT2D eigenvalue weighted by Crippen LogP contribution is -2.41. The Morgan fingerprint density at radius 3 is 2.57 bits per heavy atom. The third-order valence-electron chi connectivity index (χ3n) is 3.95. The van der Waals surface area contributed by atoms with Crippen LogP contribution in [0.5, 0.6) is 0 Å². The number of hydrogen-bond acceptors (Lipinski definition) is 5. The van der Waals surface area contributed by atoms with Crippen molar-refractivity contribution >= 4 is 5.88 Å². The predicted molar refractivity (Wildman–Crippen MR) is 83.3 cm³/mol. The summed E-state index contributed by atoms with van der Waals surface area (Å²) in [6, 6.07) is 2.54. The number of nitriles is 1. The van der Waals surface area contributed by atoms with E-state index in [9.17, 15) is 5.26 Å². The molecule has 1 saturated heterocycles. The van der Waals surface area contributed by atoms with E-state index in [-0.39, 0.29) is 5.41 Å². The third-order valence-corrected chi connectivity index (χ3v) is 3.95. The van der Waals surface area contributed by atoms with Crippen LogP contribution >= 0.6 is 0 Å². The van der Waals surface area contributed by atoms with E-state index < -0.39 is 0 Å². The van der Waals surface area contributed by atoms with Gasteiger partial charge in [-0.2, -0.15) is 10.2 Å². The number of nitrogens with zero attached hydrogens (tertiary/aromatic N) is 3. The Morgan fingerprint density at radius 2 is 2.00 bits per heavy atom. The molecule has 0 aliphatic carbocycles. The van der Waals surface area contributed by atoms with Crippen LogP contribution in [0.25, 0.3) is 0 Å². The number of likely N-dealkylation sites (tertiary alicyclic amines) is 1. The van der Waals surface area contributed by atoms with Gasteiger partial charge in [0.1, 0.15) is 6.07 Å². The van der Waals surface area contributed by atoms with Crippen molar-refractivity contribution in [2.24, 2.45) is 0 Å². The maximum Gasteiger partial charge on any atom is 0.232 e. The minimum atomic E-state index is -0.190. The summed E-state index contributed by atoms with van der Waals surface area (Å²) in [4.78, 5) is 6.78. The van der Waals surface area contributed by atoms with Crippen LogP contribution in [0.15, 0.2) is 4.42 Å². The highest BCUT2D eigenvalue weighted by atomic mass is 16.4. The van der Waals surface area contributed by atoms with Gasteiger partial charge in [0.25, 0.3) is 0 Å². The van der Waals surface area contributed by atoms with Gasteiger partial charge in [-0.3, -0.25) is 4.90 Å². The zero-order chi connectivity index (χ0) is 15.5. The van der Waals surface area contributed by atoms with Crippen molar-refractivity contribution in [1.82, 2.24) is 9.88 Å². The number of aromatic nitrogens is 1. The van der Waals surface area contributed by atoms with Crippen molar-refractivity contribution in [1.29, 1.82) is 5.26 Å². The molecule has 1 aromatic rings. The molecule has 1 aliphatic heterocycles. The van der Waals surface area contributed by atoms with E-state index in [4.69, 9.17) is 4.42 Å². The molecular weight excluding hydrogens is 264 g/mol. The van der Waals surface area contributed by atoms with Crippen LogP contribution < -0.4 is 5.32 Å². The molecule has 21 heavy (non-hydrogen) atoms. The largest absolute Gasteiger partial charge is 0.423 e. The van der Waals surface area contributed by atoms with E-state index >= 15 is 0 Å². The Balaban J connectivity index is 1.99. The lowest BCUT2D eigenvalue weighted by Gasteiger charge is -2.32. The van der Waals surface area contributed by atoms with Gasteiger partial charge < -0.3 is 9.73 Å². The zero-order valence-electron chi connectivity index (χ0n) is 13.6. The molecule has 0 spiro atoms. The molecule has 116 valence electrons. The van der Waals surface area contributed by atoms with Crippen molar-refractivity contribution in [2.45, 2.75) is 58.4 Å². The molecule has 1 aliphatic rings. The summed E-state index contributed by atoms with van der Waals surface area (Å²) in [5.41, 5.74) is 0.162. The van der Waals surface area contributed by atoms with Crippen LogP contribution in [0.2, 0.25) is 0 Å². The maximum absolute atomic E-state index is 9.19. The molecule has 0 unspecified atom stereocenters. The Labute approximate surface area is 127 Å². The van der Waals surface area contributed by atoms with Crippen molar-refractivity contribution in [3.8, 4) is 6.07 Å². The molecule has 0 bridgehead atoms. The minimum absolute atomic E-state index is 0.190. The fourth-order valence-corrected chi connectivity index (χ4v) is 2.57. The lowest BCUT2D eigenvalue weighted by atomic mass is 9.97. The summed E-state index contributed by atoms with van der Waals surface area (Å²) < 4.78 is 5.74. The lowest BCUT2D eigenvalue weighted by molar-refractivity contribution is 0.180. The summed E-state index contributed by atoms with van der Waals surface area (Å²) in [6.07, 6.45) is 3.90. The molecule has 1 N–H and O–H groups in total. The van der Waals surface area contributed by atoms with Gasteiger partial charge in [0.05, 0.1) is 0 Å². The van der Waals surface area contributed by atoms with Crippen LogP contribution in [0, 0.1) is 11.3 Å². The second-order valence-electron chi connectivity index (χ2n) is 6.89. The summed E-state index contributed by atoms with van der Waals surface area (Å²) in [5.74, 6) is 1.11. The highest BCUT2D eigenvalue weighted by Gasteiger charge is 2.24. The molecule has 1 aromatic heterocycles. The van der Waals surface area contributed by atoms with Gasteiger partial charge in [-0.15, -0.1) is 0 Å². The van der Waals surface area contributed by atoms with E-state index in [2.05, 4.69) is 28.2 Å².